The number of aliphatic hydroxyl groups is 1. The highest BCUT2D eigenvalue weighted by atomic mass is 35.5. The number of likely N-dealkylation sites (tertiary alicyclic amines) is 1. The van der Waals surface area contributed by atoms with Gasteiger partial charge in [0.2, 0.25) is 0 Å². The number of hydrogen-bond donors (Lipinski definition) is 1. The number of Topliss-reactive ketones (excluding diaryl/α,β-unsaturated/α-hetero) is 1. The van der Waals surface area contributed by atoms with Gasteiger partial charge in [-0.3, -0.25) is 9.59 Å². The maximum Gasteiger partial charge on any atom is 0.295 e. The van der Waals surface area contributed by atoms with E-state index in [-0.39, 0.29) is 17.9 Å². The Kier molecular flexibility index (Phi) is 7.25. The van der Waals surface area contributed by atoms with E-state index >= 15 is 0 Å². The molecular formula is C27H23Cl2NO4. The van der Waals surface area contributed by atoms with Crippen LogP contribution in [-0.2, 0) is 9.59 Å². The van der Waals surface area contributed by atoms with Crippen molar-refractivity contribution in [3.8, 4) is 5.75 Å². The van der Waals surface area contributed by atoms with E-state index in [1.807, 2.05) is 31.2 Å². The first-order chi connectivity index (χ1) is 16.4. The average molecular weight is 496 g/mol. The van der Waals surface area contributed by atoms with E-state index in [0.717, 1.165) is 11.3 Å². The molecule has 1 aliphatic rings. The molecule has 0 radical (unpaired) electrons. The number of para-hydroxylation sites is 1. The second-order valence-corrected chi connectivity index (χ2v) is 8.89. The SMILES string of the molecule is Cc1ccccc1OCCCN1C(=O)C(=O)/C(=C(/O)c2ccc(Cl)cc2)C1c1ccc(Cl)cc1. The van der Waals surface area contributed by atoms with Gasteiger partial charge in [0.15, 0.2) is 0 Å². The predicted octanol–water partition coefficient (Wildman–Crippen LogP) is 6.19. The molecular weight excluding hydrogens is 473 g/mol. The Morgan fingerprint density at radius 1 is 0.941 bits per heavy atom. The number of nitrogens with zero attached hydrogens (tertiary/aromatic N) is 1. The average Bonchev–Trinajstić information content (AvgIpc) is 3.08. The minimum absolute atomic E-state index is 0.0365. The van der Waals surface area contributed by atoms with Crippen LogP contribution >= 0.6 is 23.2 Å². The second kappa shape index (κ2) is 10.3. The molecule has 1 heterocycles. The normalized spacial score (nSPS) is 17.3. The molecule has 0 saturated carbocycles. The number of aryl methyl sites for hydroxylation is 1. The first-order valence-corrected chi connectivity index (χ1v) is 11.6. The van der Waals surface area contributed by atoms with Crippen molar-refractivity contribution in [2.24, 2.45) is 0 Å². The van der Waals surface area contributed by atoms with Crippen molar-refractivity contribution in [3.63, 3.8) is 0 Å². The number of ether oxygens (including phenoxy) is 1. The summed E-state index contributed by atoms with van der Waals surface area (Å²) in [7, 11) is 0. The van der Waals surface area contributed by atoms with Crippen LogP contribution in [0.2, 0.25) is 10.0 Å². The Morgan fingerprint density at radius 3 is 2.21 bits per heavy atom. The molecule has 34 heavy (non-hydrogen) atoms. The van der Waals surface area contributed by atoms with Gasteiger partial charge in [-0.25, -0.2) is 0 Å². The highest BCUT2D eigenvalue weighted by molar-refractivity contribution is 6.46. The van der Waals surface area contributed by atoms with Gasteiger partial charge in [0.05, 0.1) is 18.2 Å². The highest BCUT2D eigenvalue weighted by Gasteiger charge is 2.45. The van der Waals surface area contributed by atoms with Gasteiger partial charge in [-0.15, -0.1) is 0 Å². The molecule has 0 spiro atoms. The molecule has 3 aromatic rings. The summed E-state index contributed by atoms with van der Waals surface area (Å²) in [4.78, 5) is 27.6. The third kappa shape index (κ3) is 4.96. The lowest BCUT2D eigenvalue weighted by atomic mass is 9.95. The fourth-order valence-corrected chi connectivity index (χ4v) is 4.25. The summed E-state index contributed by atoms with van der Waals surface area (Å²) in [6.45, 7) is 2.62. The van der Waals surface area contributed by atoms with Gasteiger partial charge in [0.1, 0.15) is 11.5 Å². The molecule has 5 nitrogen and oxygen atoms in total. The summed E-state index contributed by atoms with van der Waals surface area (Å²) in [6, 6.07) is 20.3. The lowest BCUT2D eigenvalue weighted by molar-refractivity contribution is -0.140. The molecule has 3 aromatic carbocycles. The van der Waals surface area contributed by atoms with Gasteiger partial charge in [-0.1, -0.05) is 53.5 Å². The zero-order chi connectivity index (χ0) is 24.2. The molecule has 1 saturated heterocycles. The Bertz CT molecular complexity index is 1240. The van der Waals surface area contributed by atoms with Crippen LogP contribution in [0, 0.1) is 6.92 Å². The molecule has 0 aliphatic carbocycles. The highest BCUT2D eigenvalue weighted by Crippen LogP contribution is 2.39. The van der Waals surface area contributed by atoms with Crippen LogP contribution in [0.4, 0.5) is 0 Å². The van der Waals surface area contributed by atoms with Crippen LogP contribution in [-0.4, -0.2) is 34.8 Å². The van der Waals surface area contributed by atoms with Crippen molar-refractivity contribution >= 4 is 40.7 Å². The van der Waals surface area contributed by atoms with Gasteiger partial charge in [0.25, 0.3) is 11.7 Å². The number of ketones is 1. The van der Waals surface area contributed by atoms with E-state index in [2.05, 4.69) is 0 Å². The Labute approximate surface area is 208 Å². The summed E-state index contributed by atoms with van der Waals surface area (Å²) in [5.41, 5.74) is 2.14. The quantitative estimate of drug-likeness (QED) is 0.183. The monoisotopic (exact) mass is 495 g/mol. The third-order valence-electron chi connectivity index (χ3n) is 5.74. The lowest BCUT2D eigenvalue weighted by Crippen LogP contribution is -2.31. The molecule has 1 N–H and O–H groups in total. The number of amides is 1. The zero-order valence-corrected chi connectivity index (χ0v) is 20.0. The van der Waals surface area contributed by atoms with E-state index in [1.165, 1.54) is 4.90 Å². The number of benzene rings is 3. The number of aliphatic hydroxyl groups excluding tert-OH is 1. The molecule has 1 fully saturated rings. The van der Waals surface area contributed by atoms with Crippen molar-refractivity contribution in [1.29, 1.82) is 0 Å². The van der Waals surface area contributed by atoms with E-state index < -0.39 is 17.7 Å². The molecule has 7 heteroatoms. The molecule has 0 bridgehead atoms. The maximum absolute atomic E-state index is 13.1. The van der Waals surface area contributed by atoms with Crippen molar-refractivity contribution in [3.05, 3.63) is 105 Å². The summed E-state index contributed by atoms with van der Waals surface area (Å²) in [6.07, 6.45) is 0.506. The first-order valence-electron chi connectivity index (χ1n) is 10.8. The molecule has 1 atom stereocenters. The number of halogens is 2. The predicted molar refractivity (Wildman–Crippen MR) is 133 cm³/mol. The molecule has 4 rings (SSSR count). The number of rotatable bonds is 7. The molecule has 174 valence electrons. The van der Waals surface area contributed by atoms with E-state index in [9.17, 15) is 14.7 Å². The van der Waals surface area contributed by atoms with Gasteiger partial charge in [0, 0.05) is 22.2 Å². The molecule has 0 aromatic heterocycles. The van der Waals surface area contributed by atoms with Crippen LogP contribution in [0.3, 0.4) is 0 Å². The summed E-state index contributed by atoms with van der Waals surface area (Å²) < 4.78 is 5.86. The van der Waals surface area contributed by atoms with E-state index in [1.54, 1.807) is 48.5 Å². The van der Waals surface area contributed by atoms with Crippen LogP contribution in [0.15, 0.2) is 78.4 Å². The zero-order valence-electron chi connectivity index (χ0n) is 18.5. The van der Waals surface area contributed by atoms with Crippen molar-refractivity contribution in [1.82, 2.24) is 4.90 Å². The van der Waals surface area contributed by atoms with Gasteiger partial charge >= 0.3 is 0 Å². The van der Waals surface area contributed by atoms with Gasteiger partial charge in [-0.05, 0) is 66.9 Å². The maximum atomic E-state index is 13.1. The minimum atomic E-state index is -0.744. The summed E-state index contributed by atoms with van der Waals surface area (Å²) in [5, 5.41) is 12.1. The third-order valence-corrected chi connectivity index (χ3v) is 6.24. The van der Waals surface area contributed by atoms with Crippen molar-refractivity contribution < 1.29 is 19.4 Å². The van der Waals surface area contributed by atoms with Crippen LogP contribution in [0.25, 0.3) is 5.76 Å². The lowest BCUT2D eigenvalue weighted by Gasteiger charge is -2.25. The van der Waals surface area contributed by atoms with E-state index in [0.29, 0.717) is 34.2 Å². The summed E-state index contributed by atoms with van der Waals surface area (Å²) in [5.74, 6) is -0.853. The number of hydrogen-bond acceptors (Lipinski definition) is 4. The van der Waals surface area contributed by atoms with Crippen LogP contribution in [0.5, 0.6) is 5.75 Å². The standard InChI is InChI=1S/C27H23Cl2NO4/c1-17-5-2-3-6-22(17)34-16-4-15-30-24(18-7-11-20(28)12-8-18)23(26(32)27(30)33)25(31)19-9-13-21(29)14-10-19/h2-3,5-14,24,31H,4,15-16H2,1H3/b25-23+. The molecule has 1 aliphatic heterocycles. The minimum Gasteiger partial charge on any atom is -0.507 e. The first kappa shape index (κ1) is 23.9. The fraction of sp³-hybridized carbons (Fsp3) is 0.185. The Hall–Kier alpha value is -3.28. The number of carbonyl (C=O) groups excluding carboxylic acids is 2. The smallest absolute Gasteiger partial charge is 0.295 e. The van der Waals surface area contributed by atoms with Crippen LogP contribution in [0.1, 0.15) is 29.2 Å². The molecule has 1 unspecified atom stereocenters. The topological polar surface area (TPSA) is 66.8 Å². The summed E-state index contributed by atoms with van der Waals surface area (Å²) >= 11 is 12.0. The van der Waals surface area contributed by atoms with Gasteiger partial charge in [-0.2, -0.15) is 0 Å². The van der Waals surface area contributed by atoms with Crippen LogP contribution < -0.4 is 4.74 Å². The Balaban J connectivity index is 1.63. The van der Waals surface area contributed by atoms with Crippen molar-refractivity contribution in [2.45, 2.75) is 19.4 Å². The number of carbonyl (C=O) groups is 2. The van der Waals surface area contributed by atoms with Gasteiger partial charge < -0.3 is 14.7 Å². The largest absolute Gasteiger partial charge is 0.507 e. The van der Waals surface area contributed by atoms with E-state index in [4.69, 9.17) is 27.9 Å². The van der Waals surface area contributed by atoms with Crippen molar-refractivity contribution in [2.75, 3.05) is 13.2 Å². The fourth-order valence-electron chi connectivity index (χ4n) is 4.00. The second-order valence-electron chi connectivity index (χ2n) is 8.02. The Morgan fingerprint density at radius 2 is 1.56 bits per heavy atom. The molecule has 1 amide bonds.